The molecular weight excluding hydrogens is 363 g/mol. The Balaban J connectivity index is 1.83. The van der Waals surface area contributed by atoms with Crippen LogP contribution in [0.2, 0.25) is 10.0 Å². The number of benzene rings is 1. The number of halogens is 2. The molecule has 1 aromatic carbocycles. The van der Waals surface area contributed by atoms with Gasteiger partial charge in [-0.25, -0.2) is 0 Å². The predicted octanol–water partition coefficient (Wildman–Crippen LogP) is 2.97. The maximum Gasteiger partial charge on any atom is 0.220 e. The van der Waals surface area contributed by atoms with Crippen LogP contribution >= 0.6 is 23.2 Å². The monoisotopic (exact) mass is 386 g/mol. The average Bonchev–Trinajstić information content (AvgIpc) is 2.56. The van der Waals surface area contributed by atoms with Gasteiger partial charge in [0.1, 0.15) is 5.60 Å². The van der Waals surface area contributed by atoms with Crippen molar-refractivity contribution in [1.29, 1.82) is 0 Å². The SMILES string of the molecule is CC(=O)N1CCC(CC(=O)NCC(C)(O)c2ccc(Cl)c(Cl)c2)CC1. The molecule has 0 saturated carbocycles. The summed E-state index contributed by atoms with van der Waals surface area (Å²) >= 11 is 11.9. The minimum absolute atomic E-state index is 0.0839. The molecule has 2 amide bonds. The van der Waals surface area contributed by atoms with Crippen LogP contribution in [0.3, 0.4) is 0 Å². The zero-order chi connectivity index (χ0) is 18.6. The van der Waals surface area contributed by atoms with Gasteiger partial charge >= 0.3 is 0 Å². The molecule has 1 saturated heterocycles. The highest BCUT2D eigenvalue weighted by molar-refractivity contribution is 6.42. The van der Waals surface area contributed by atoms with Gasteiger partial charge in [0.2, 0.25) is 11.8 Å². The molecule has 25 heavy (non-hydrogen) atoms. The third-order valence-corrected chi connectivity index (χ3v) is 5.44. The Morgan fingerprint density at radius 3 is 2.48 bits per heavy atom. The Hall–Kier alpha value is -1.30. The predicted molar refractivity (Wildman–Crippen MR) is 98.6 cm³/mol. The summed E-state index contributed by atoms with van der Waals surface area (Å²) in [5.74, 6) is 0.257. The van der Waals surface area contributed by atoms with Crippen molar-refractivity contribution in [2.75, 3.05) is 19.6 Å². The van der Waals surface area contributed by atoms with Gasteiger partial charge in [0.25, 0.3) is 0 Å². The molecule has 0 spiro atoms. The summed E-state index contributed by atoms with van der Waals surface area (Å²) in [5.41, 5.74) is -0.640. The number of piperidine rings is 1. The molecule has 7 heteroatoms. The van der Waals surface area contributed by atoms with Crippen molar-refractivity contribution in [2.45, 2.75) is 38.7 Å². The molecule has 0 radical (unpaired) electrons. The Morgan fingerprint density at radius 1 is 1.28 bits per heavy atom. The number of likely N-dealkylation sites (tertiary alicyclic amines) is 1. The molecule has 5 nitrogen and oxygen atoms in total. The highest BCUT2D eigenvalue weighted by atomic mass is 35.5. The van der Waals surface area contributed by atoms with E-state index in [-0.39, 0.29) is 24.3 Å². The topological polar surface area (TPSA) is 69.6 Å². The summed E-state index contributed by atoms with van der Waals surface area (Å²) in [4.78, 5) is 25.3. The minimum Gasteiger partial charge on any atom is -0.384 e. The van der Waals surface area contributed by atoms with Gasteiger partial charge in [-0.2, -0.15) is 0 Å². The highest BCUT2D eigenvalue weighted by Gasteiger charge is 2.26. The standard InChI is InChI=1S/C18H24Cl2N2O3/c1-12(23)22-7-5-13(6-8-22)9-17(24)21-11-18(2,25)14-3-4-15(19)16(20)10-14/h3-4,10,13,25H,5-9,11H2,1-2H3,(H,21,24). The number of hydrogen-bond donors (Lipinski definition) is 2. The van der Waals surface area contributed by atoms with Gasteiger partial charge < -0.3 is 15.3 Å². The summed E-state index contributed by atoms with van der Waals surface area (Å²) in [6.45, 7) is 4.69. The van der Waals surface area contributed by atoms with Crippen molar-refractivity contribution in [3.63, 3.8) is 0 Å². The molecule has 2 N–H and O–H groups in total. The van der Waals surface area contributed by atoms with E-state index in [2.05, 4.69) is 5.32 Å². The lowest BCUT2D eigenvalue weighted by atomic mass is 9.92. The molecule has 1 atom stereocenters. The normalized spacial score (nSPS) is 17.9. The number of amides is 2. The molecule has 1 heterocycles. The summed E-state index contributed by atoms with van der Waals surface area (Å²) in [7, 11) is 0. The average molecular weight is 387 g/mol. The van der Waals surface area contributed by atoms with Crippen molar-refractivity contribution in [1.82, 2.24) is 10.2 Å². The Bertz CT molecular complexity index is 641. The maximum absolute atomic E-state index is 12.2. The third-order valence-electron chi connectivity index (χ3n) is 4.71. The summed E-state index contributed by atoms with van der Waals surface area (Å²) in [6.07, 6.45) is 2.07. The molecule has 1 fully saturated rings. The third kappa shape index (κ3) is 5.59. The van der Waals surface area contributed by atoms with E-state index in [1.54, 1.807) is 32.0 Å². The second kappa shape index (κ2) is 8.39. The van der Waals surface area contributed by atoms with E-state index in [9.17, 15) is 14.7 Å². The number of nitrogens with one attached hydrogen (secondary N) is 1. The van der Waals surface area contributed by atoms with E-state index in [0.717, 1.165) is 12.8 Å². The first kappa shape index (κ1) is 20.0. The van der Waals surface area contributed by atoms with Gasteiger partial charge in [-0.15, -0.1) is 0 Å². The van der Waals surface area contributed by atoms with Gasteiger partial charge in [0, 0.05) is 26.4 Å². The van der Waals surface area contributed by atoms with E-state index < -0.39 is 5.60 Å². The van der Waals surface area contributed by atoms with Crippen molar-refractivity contribution < 1.29 is 14.7 Å². The summed E-state index contributed by atoms with van der Waals surface area (Å²) < 4.78 is 0. The molecule has 138 valence electrons. The van der Waals surface area contributed by atoms with E-state index in [0.29, 0.717) is 35.1 Å². The zero-order valence-electron chi connectivity index (χ0n) is 14.5. The van der Waals surface area contributed by atoms with Crippen LogP contribution in [0.1, 0.15) is 38.7 Å². The second-order valence-electron chi connectivity index (χ2n) is 6.83. The van der Waals surface area contributed by atoms with E-state index in [1.165, 1.54) is 0 Å². The lowest BCUT2D eigenvalue weighted by molar-refractivity contribution is -0.130. The first-order chi connectivity index (χ1) is 11.7. The molecule has 1 aliphatic rings. The van der Waals surface area contributed by atoms with Crippen molar-refractivity contribution in [2.24, 2.45) is 5.92 Å². The number of hydrogen-bond acceptors (Lipinski definition) is 3. The van der Waals surface area contributed by atoms with E-state index in [1.807, 2.05) is 4.90 Å². The number of carbonyl (C=O) groups is 2. The number of nitrogens with zero attached hydrogens (tertiary/aromatic N) is 1. The van der Waals surface area contributed by atoms with Crippen LogP contribution in [0, 0.1) is 5.92 Å². The molecule has 1 aromatic rings. The van der Waals surface area contributed by atoms with Crippen LogP contribution in [0.25, 0.3) is 0 Å². The second-order valence-corrected chi connectivity index (χ2v) is 7.65. The van der Waals surface area contributed by atoms with Crippen molar-refractivity contribution in [3.8, 4) is 0 Å². The van der Waals surface area contributed by atoms with Crippen LogP contribution in [-0.4, -0.2) is 41.5 Å². The zero-order valence-corrected chi connectivity index (χ0v) is 16.0. The van der Waals surface area contributed by atoms with Crippen LogP contribution < -0.4 is 5.32 Å². The first-order valence-corrected chi connectivity index (χ1v) is 9.15. The van der Waals surface area contributed by atoms with Crippen LogP contribution in [0.4, 0.5) is 0 Å². The van der Waals surface area contributed by atoms with Gasteiger partial charge in [-0.3, -0.25) is 9.59 Å². The first-order valence-electron chi connectivity index (χ1n) is 8.39. The maximum atomic E-state index is 12.2. The molecule has 0 bridgehead atoms. The number of aliphatic hydroxyl groups is 1. The largest absolute Gasteiger partial charge is 0.384 e. The molecule has 1 unspecified atom stereocenters. The Morgan fingerprint density at radius 2 is 1.92 bits per heavy atom. The Labute approximate surface area is 158 Å². The lowest BCUT2D eigenvalue weighted by Gasteiger charge is -2.31. The van der Waals surface area contributed by atoms with Crippen molar-refractivity contribution >= 4 is 35.0 Å². The van der Waals surface area contributed by atoms with E-state index in [4.69, 9.17) is 23.2 Å². The van der Waals surface area contributed by atoms with Gasteiger partial charge in [-0.05, 0) is 43.4 Å². The molecule has 0 aromatic heterocycles. The molecule has 1 aliphatic heterocycles. The van der Waals surface area contributed by atoms with Crippen molar-refractivity contribution in [3.05, 3.63) is 33.8 Å². The fraction of sp³-hybridized carbons (Fsp3) is 0.556. The summed E-state index contributed by atoms with van der Waals surface area (Å²) in [6, 6.07) is 4.92. The number of carbonyl (C=O) groups excluding carboxylic acids is 2. The lowest BCUT2D eigenvalue weighted by Crippen LogP contribution is -2.41. The summed E-state index contributed by atoms with van der Waals surface area (Å²) in [5, 5.41) is 14.2. The molecular formula is C18H24Cl2N2O3. The number of rotatable bonds is 5. The van der Waals surface area contributed by atoms with Crippen LogP contribution in [-0.2, 0) is 15.2 Å². The van der Waals surface area contributed by atoms with Gasteiger partial charge in [0.15, 0.2) is 0 Å². The van der Waals surface area contributed by atoms with Gasteiger partial charge in [0.05, 0.1) is 16.6 Å². The van der Waals surface area contributed by atoms with E-state index >= 15 is 0 Å². The fourth-order valence-electron chi connectivity index (χ4n) is 2.99. The minimum atomic E-state index is -1.23. The van der Waals surface area contributed by atoms with Crippen LogP contribution in [0.15, 0.2) is 18.2 Å². The van der Waals surface area contributed by atoms with Crippen LogP contribution in [0.5, 0.6) is 0 Å². The fourth-order valence-corrected chi connectivity index (χ4v) is 3.29. The smallest absolute Gasteiger partial charge is 0.220 e. The quantitative estimate of drug-likeness (QED) is 0.816. The molecule has 2 rings (SSSR count). The van der Waals surface area contributed by atoms with Gasteiger partial charge in [-0.1, -0.05) is 29.3 Å². The molecule has 0 aliphatic carbocycles. The highest BCUT2D eigenvalue weighted by Crippen LogP contribution is 2.28. The Kier molecular flexibility index (Phi) is 6.72.